The molecule has 0 spiro atoms. The highest BCUT2D eigenvalue weighted by atomic mass is 16.7. The van der Waals surface area contributed by atoms with Gasteiger partial charge in [-0.1, -0.05) is 0 Å². The highest BCUT2D eigenvalue weighted by Gasteiger charge is 2.21. The molecule has 0 unspecified atom stereocenters. The lowest BCUT2D eigenvalue weighted by Crippen LogP contribution is -2.28. The number of benzene rings is 1. The van der Waals surface area contributed by atoms with Crippen molar-refractivity contribution in [3.8, 4) is 11.5 Å². The molecule has 0 aromatic heterocycles. The number of rotatable bonds is 2. The van der Waals surface area contributed by atoms with E-state index in [9.17, 15) is 5.11 Å². The first-order valence-electron chi connectivity index (χ1n) is 6.57. The predicted octanol–water partition coefficient (Wildman–Crippen LogP) is 2.44. The van der Waals surface area contributed by atoms with Gasteiger partial charge in [-0.3, -0.25) is 0 Å². The van der Waals surface area contributed by atoms with Crippen LogP contribution in [-0.4, -0.2) is 24.0 Å². The molecule has 1 saturated carbocycles. The Kier molecular flexibility index (Phi) is 3.04. The maximum atomic E-state index is 9.51. The van der Waals surface area contributed by atoms with Gasteiger partial charge >= 0.3 is 0 Å². The van der Waals surface area contributed by atoms with Gasteiger partial charge in [0.15, 0.2) is 11.5 Å². The lowest BCUT2D eigenvalue weighted by molar-refractivity contribution is 0.126. The van der Waals surface area contributed by atoms with Crippen molar-refractivity contribution in [1.82, 2.24) is 0 Å². The zero-order valence-electron chi connectivity index (χ0n) is 10.6. The Morgan fingerprint density at radius 2 is 1.78 bits per heavy atom. The van der Waals surface area contributed by atoms with Crippen molar-refractivity contribution in [2.75, 3.05) is 12.1 Å². The summed E-state index contributed by atoms with van der Waals surface area (Å²) in [6.07, 6.45) is 3.72. The summed E-state index contributed by atoms with van der Waals surface area (Å²) in [5.74, 6) is 1.65. The standard InChI is InChI=1S/C14H19NO3/c1-9-6-13-14(18-8-17-13)7-12(9)15-10-2-4-11(16)5-3-10/h6-7,10-11,15-16H,2-5,8H2,1H3. The summed E-state index contributed by atoms with van der Waals surface area (Å²) in [4.78, 5) is 0. The van der Waals surface area contributed by atoms with E-state index in [4.69, 9.17) is 9.47 Å². The molecule has 0 radical (unpaired) electrons. The van der Waals surface area contributed by atoms with E-state index in [1.54, 1.807) is 0 Å². The van der Waals surface area contributed by atoms with Gasteiger partial charge in [-0.25, -0.2) is 0 Å². The molecule has 0 bridgehead atoms. The van der Waals surface area contributed by atoms with Crippen LogP contribution in [0.15, 0.2) is 12.1 Å². The molecule has 1 heterocycles. The van der Waals surface area contributed by atoms with Crippen molar-refractivity contribution in [3.63, 3.8) is 0 Å². The number of aliphatic hydroxyl groups excluding tert-OH is 1. The van der Waals surface area contributed by atoms with Crippen LogP contribution in [0.1, 0.15) is 31.2 Å². The topological polar surface area (TPSA) is 50.7 Å². The second-order valence-electron chi connectivity index (χ2n) is 5.17. The minimum absolute atomic E-state index is 0.110. The number of aryl methyl sites for hydroxylation is 1. The van der Waals surface area contributed by atoms with E-state index in [2.05, 4.69) is 12.2 Å². The Morgan fingerprint density at radius 1 is 1.11 bits per heavy atom. The van der Waals surface area contributed by atoms with E-state index >= 15 is 0 Å². The highest BCUT2D eigenvalue weighted by molar-refractivity contribution is 5.61. The predicted molar refractivity (Wildman–Crippen MR) is 69.2 cm³/mol. The van der Waals surface area contributed by atoms with Crippen LogP contribution in [0.3, 0.4) is 0 Å². The van der Waals surface area contributed by atoms with Gasteiger partial charge in [-0.15, -0.1) is 0 Å². The lowest BCUT2D eigenvalue weighted by atomic mass is 9.93. The molecule has 18 heavy (non-hydrogen) atoms. The summed E-state index contributed by atoms with van der Waals surface area (Å²) in [5.41, 5.74) is 2.28. The van der Waals surface area contributed by atoms with E-state index in [0.717, 1.165) is 42.9 Å². The molecular formula is C14H19NO3. The van der Waals surface area contributed by atoms with Crippen LogP contribution < -0.4 is 14.8 Å². The molecule has 1 aromatic carbocycles. The minimum atomic E-state index is -0.110. The molecule has 4 heteroatoms. The maximum Gasteiger partial charge on any atom is 0.231 e. The summed E-state index contributed by atoms with van der Waals surface area (Å²) in [7, 11) is 0. The third-order valence-corrected chi connectivity index (χ3v) is 3.78. The van der Waals surface area contributed by atoms with Crippen molar-refractivity contribution in [1.29, 1.82) is 0 Å². The van der Waals surface area contributed by atoms with Crippen molar-refractivity contribution in [3.05, 3.63) is 17.7 Å². The average molecular weight is 249 g/mol. The van der Waals surface area contributed by atoms with Crippen molar-refractivity contribution in [2.24, 2.45) is 0 Å². The van der Waals surface area contributed by atoms with Crippen LogP contribution in [0.25, 0.3) is 0 Å². The molecule has 2 N–H and O–H groups in total. The molecule has 1 fully saturated rings. The molecule has 98 valence electrons. The number of hydrogen-bond acceptors (Lipinski definition) is 4. The number of anilines is 1. The smallest absolute Gasteiger partial charge is 0.231 e. The van der Waals surface area contributed by atoms with E-state index in [0.29, 0.717) is 12.8 Å². The largest absolute Gasteiger partial charge is 0.454 e. The van der Waals surface area contributed by atoms with Crippen LogP contribution in [0.5, 0.6) is 11.5 Å². The van der Waals surface area contributed by atoms with Gasteiger partial charge in [0, 0.05) is 17.8 Å². The molecule has 2 aliphatic rings. The Morgan fingerprint density at radius 3 is 2.50 bits per heavy atom. The van der Waals surface area contributed by atoms with E-state index < -0.39 is 0 Å². The van der Waals surface area contributed by atoms with Gasteiger partial charge in [0.2, 0.25) is 6.79 Å². The summed E-state index contributed by atoms with van der Waals surface area (Å²) in [5, 5.41) is 13.1. The molecule has 0 atom stereocenters. The van der Waals surface area contributed by atoms with Crippen LogP contribution in [-0.2, 0) is 0 Å². The highest BCUT2D eigenvalue weighted by Crippen LogP contribution is 2.37. The first kappa shape index (κ1) is 11.7. The fourth-order valence-corrected chi connectivity index (χ4v) is 2.64. The van der Waals surface area contributed by atoms with Crippen molar-refractivity contribution in [2.45, 2.75) is 44.8 Å². The second kappa shape index (κ2) is 4.69. The molecule has 1 aromatic rings. The van der Waals surface area contributed by atoms with Crippen LogP contribution in [0.2, 0.25) is 0 Å². The van der Waals surface area contributed by atoms with E-state index in [-0.39, 0.29) is 6.10 Å². The fourth-order valence-electron chi connectivity index (χ4n) is 2.64. The number of aliphatic hydroxyl groups is 1. The summed E-state index contributed by atoms with van der Waals surface area (Å²) in [6, 6.07) is 4.48. The lowest BCUT2D eigenvalue weighted by Gasteiger charge is -2.27. The number of ether oxygens (including phenoxy) is 2. The Labute approximate surface area is 107 Å². The minimum Gasteiger partial charge on any atom is -0.454 e. The zero-order chi connectivity index (χ0) is 12.5. The first-order valence-corrected chi connectivity index (χ1v) is 6.57. The number of nitrogens with one attached hydrogen (secondary N) is 1. The Balaban J connectivity index is 1.73. The molecule has 4 nitrogen and oxygen atoms in total. The first-order chi connectivity index (χ1) is 8.72. The molecule has 3 rings (SSSR count). The normalized spacial score (nSPS) is 26.1. The SMILES string of the molecule is Cc1cc2c(cc1NC1CCC(O)CC1)OCO2. The second-order valence-corrected chi connectivity index (χ2v) is 5.17. The van der Waals surface area contributed by atoms with Gasteiger partial charge in [0.1, 0.15) is 0 Å². The Bertz CT molecular complexity index is 439. The van der Waals surface area contributed by atoms with Gasteiger partial charge < -0.3 is 19.9 Å². The monoisotopic (exact) mass is 249 g/mol. The van der Waals surface area contributed by atoms with Crippen LogP contribution >= 0.6 is 0 Å². The van der Waals surface area contributed by atoms with Crippen LogP contribution in [0.4, 0.5) is 5.69 Å². The quantitative estimate of drug-likeness (QED) is 0.845. The maximum absolute atomic E-state index is 9.51. The zero-order valence-corrected chi connectivity index (χ0v) is 10.6. The van der Waals surface area contributed by atoms with E-state index in [1.807, 2.05) is 12.1 Å². The summed E-state index contributed by atoms with van der Waals surface area (Å²) < 4.78 is 10.8. The van der Waals surface area contributed by atoms with Crippen molar-refractivity contribution < 1.29 is 14.6 Å². The third-order valence-electron chi connectivity index (χ3n) is 3.78. The summed E-state index contributed by atoms with van der Waals surface area (Å²) >= 11 is 0. The molecule has 0 saturated heterocycles. The molecule has 1 aliphatic carbocycles. The van der Waals surface area contributed by atoms with Gasteiger partial charge in [-0.2, -0.15) is 0 Å². The van der Waals surface area contributed by atoms with Gasteiger partial charge in [0.25, 0.3) is 0 Å². The number of hydrogen-bond donors (Lipinski definition) is 2. The molecule has 0 amide bonds. The number of fused-ring (bicyclic) bond motifs is 1. The van der Waals surface area contributed by atoms with Gasteiger partial charge in [-0.05, 0) is 44.2 Å². The molecular weight excluding hydrogens is 230 g/mol. The fraction of sp³-hybridized carbons (Fsp3) is 0.571. The van der Waals surface area contributed by atoms with E-state index in [1.165, 1.54) is 5.56 Å². The third kappa shape index (κ3) is 2.25. The molecule has 1 aliphatic heterocycles. The van der Waals surface area contributed by atoms with Crippen LogP contribution in [0, 0.1) is 6.92 Å². The van der Waals surface area contributed by atoms with Crippen molar-refractivity contribution >= 4 is 5.69 Å². The average Bonchev–Trinajstić information content (AvgIpc) is 2.79. The Hall–Kier alpha value is -1.42. The summed E-state index contributed by atoms with van der Waals surface area (Å²) in [6.45, 7) is 2.38. The van der Waals surface area contributed by atoms with Gasteiger partial charge in [0.05, 0.1) is 6.10 Å².